The second-order valence-electron chi connectivity index (χ2n) is 5.56. The summed E-state index contributed by atoms with van der Waals surface area (Å²) in [5, 5.41) is 0.505. The van der Waals surface area contributed by atoms with E-state index in [9.17, 15) is 4.79 Å². The number of ether oxygens (including phenoxy) is 1. The van der Waals surface area contributed by atoms with Gasteiger partial charge in [0.15, 0.2) is 5.16 Å². The minimum atomic E-state index is -0.213. The maximum absolute atomic E-state index is 11.7. The second-order valence-corrected chi connectivity index (χ2v) is 6.50. The van der Waals surface area contributed by atoms with Crippen LogP contribution < -0.4 is 5.73 Å². The van der Waals surface area contributed by atoms with Crippen molar-refractivity contribution in [2.24, 2.45) is 0 Å². The van der Waals surface area contributed by atoms with Gasteiger partial charge in [-0.05, 0) is 24.8 Å². The highest BCUT2D eigenvalue weighted by molar-refractivity contribution is 7.99. The summed E-state index contributed by atoms with van der Waals surface area (Å²) in [6.45, 7) is 0. The predicted octanol–water partition coefficient (Wildman–Crippen LogP) is 2.84. The molecule has 0 saturated heterocycles. The van der Waals surface area contributed by atoms with Crippen LogP contribution in [-0.2, 0) is 16.0 Å². The fourth-order valence-corrected chi connectivity index (χ4v) is 2.86. The number of rotatable bonds is 6. The first-order valence-corrected chi connectivity index (χ1v) is 8.67. The van der Waals surface area contributed by atoms with Gasteiger partial charge in [0.2, 0.25) is 0 Å². The molecule has 0 aliphatic heterocycles. The number of thioether (sulfide) groups is 1. The van der Waals surface area contributed by atoms with E-state index in [1.807, 2.05) is 30.3 Å². The Kier molecular flexibility index (Phi) is 5.12. The summed E-state index contributed by atoms with van der Waals surface area (Å²) in [6, 6.07) is 10.0. The minimum Gasteiger partial charge on any atom is -0.462 e. The van der Waals surface area contributed by atoms with Gasteiger partial charge in [-0.1, -0.05) is 42.1 Å². The maximum atomic E-state index is 11.7. The zero-order chi connectivity index (χ0) is 16.1. The van der Waals surface area contributed by atoms with Gasteiger partial charge in [-0.2, -0.15) is 0 Å². The van der Waals surface area contributed by atoms with E-state index in [4.69, 9.17) is 10.5 Å². The molecule has 1 aromatic heterocycles. The molecule has 1 aliphatic carbocycles. The zero-order valence-electron chi connectivity index (χ0n) is 12.8. The summed E-state index contributed by atoms with van der Waals surface area (Å²) in [5.41, 5.74) is 8.05. The Morgan fingerprint density at radius 2 is 2.09 bits per heavy atom. The molecule has 0 atom stereocenters. The largest absolute Gasteiger partial charge is 0.462 e. The standard InChI is InChI=1S/C17H19N3O2S/c18-16-13(9-12-5-2-1-3-6-12)10-19-17(20-16)23-11-15(21)22-14-7-4-8-14/h1-3,5-6,10,14H,4,7-9,11H2,(H2,18,19,20). The zero-order valence-corrected chi connectivity index (χ0v) is 13.6. The van der Waals surface area contributed by atoms with E-state index in [-0.39, 0.29) is 17.8 Å². The highest BCUT2D eigenvalue weighted by atomic mass is 32.2. The molecular formula is C17H19N3O2S. The van der Waals surface area contributed by atoms with Gasteiger partial charge in [-0.15, -0.1) is 0 Å². The first-order chi connectivity index (χ1) is 11.2. The summed E-state index contributed by atoms with van der Waals surface area (Å²) in [4.78, 5) is 20.2. The van der Waals surface area contributed by atoms with Crippen LogP contribution in [-0.4, -0.2) is 27.8 Å². The summed E-state index contributed by atoms with van der Waals surface area (Å²) in [7, 11) is 0. The van der Waals surface area contributed by atoms with Crippen molar-refractivity contribution in [1.29, 1.82) is 0 Å². The molecule has 0 spiro atoms. The Morgan fingerprint density at radius 1 is 1.30 bits per heavy atom. The third-order valence-electron chi connectivity index (χ3n) is 3.78. The Morgan fingerprint density at radius 3 is 2.74 bits per heavy atom. The number of aromatic nitrogens is 2. The number of hydrogen-bond acceptors (Lipinski definition) is 6. The van der Waals surface area contributed by atoms with Crippen molar-refractivity contribution in [3.8, 4) is 0 Å². The number of anilines is 1. The molecule has 2 aromatic rings. The van der Waals surface area contributed by atoms with Crippen molar-refractivity contribution < 1.29 is 9.53 Å². The van der Waals surface area contributed by atoms with Gasteiger partial charge < -0.3 is 10.5 Å². The number of nitrogens with zero attached hydrogens (tertiary/aromatic N) is 2. The number of carbonyl (C=O) groups excluding carboxylic acids is 1. The molecule has 0 unspecified atom stereocenters. The van der Waals surface area contributed by atoms with E-state index in [2.05, 4.69) is 9.97 Å². The van der Waals surface area contributed by atoms with Crippen LogP contribution >= 0.6 is 11.8 Å². The molecule has 6 heteroatoms. The second kappa shape index (κ2) is 7.46. The van der Waals surface area contributed by atoms with E-state index in [1.54, 1.807) is 6.20 Å². The highest BCUT2D eigenvalue weighted by Crippen LogP contribution is 2.23. The molecule has 3 rings (SSSR count). The van der Waals surface area contributed by atoms with Gasteiger partial charge in [0, 0.05) is 18.2 Å². The monoisotopic (exact) mass is 329 g/mol. The SMILES string of the molecule is Nc1nc(SCC(=O)OC2CCC2)ncc1Cc1ccccc1. The predicted molar refractivity (Wildman–Crippen MR) is 90.1 cm³/mol. The van der Waals surface area contributed by atoms with E-state index in [1.165, 1.54) is 11.8 Å². The molecule has 0 bridgehead atoms. The lowest BCUT2D eigenvalue weighted by Gasteiger charge is -2.24. The van der Waals surface area contributed by atoms with Crippen molar-refractivity contribution in [2.45, 2.75) is 36.9 Å². The Labute approximate surface area is 139 Å². The fraction of sp³-hybridized carbons (Fsp3) is 0.353. The Balaban J connectivity index is 1.55. The van der Waals surface area contributed by atoms with Crippen LogP contribution in [0.25, 0.3) is 0 Å². The fourth-order valence-electron chi connectivity index (χ4n) is 2.26. The van der Waals surface area contributed by atoms with E-state index in [0.29, 0.717) is 17.4 Å². The average Bonchev–Trinajstić information content (AvgIpc) is 2.52. The van der Waals surface area contributed by atoms with Crippen LogP contribution in [0.2, 0.25) is 0 Å². The number of nitrogens with two attached hydrogens (primary N) is 1. The third kappa shape index (κ3) is 4.45. The normalized spacial score (nSPS) is 14.3. The summed E-state index contributed by atoms with van der Waals surface area (Å²) < 4.78 is 5.29. The third-order valence-corrected chi connectivity index (χ3v) is 4.62. The molecule has 1 aliphatic rings. The molecule has 0 radical (unpaired) electrons. The van der Waals surface area contributed by atoms with Crippen LogP contribution in [0.1, 0.15) is 30.4 Å². The Bertz CT molecular complexity index is 675. The van der Waals surface area contributed by atoms with E-state index >= 15 is 0 Å². The van der Waals surface area contributed by atoms with Gasteiger partial charge >= 0.3 is 5.97 Å². The molecule has 1 aromatic carbocycles. The summed E-state index contributed by atoms with van der Waals surface area (Å²) in [6.07, 6.45) is 5.65. The lowest BCUT2D eigenvalue weighted by Crippen LogP contribution is -2.25. The molecule has 0 amide bonds. The Hall–Kier alpha value is -2.08. The topological polar surface area (TPSA) is 78.1 Å². The molecule has 1 fully saturated rings. The highest BCUT2D eigenvalue weighted by Gasteiger charge is 2.21. The number of benzene rings is 1. The van der Waals surface area contributed by atoms with E-state index in [0.717, 1.165) is 30.4 Å². The summed E-state index contributed by atoms with van der Waals surface area (Å²) in [5.74, 6) is 0.461. The van der Waals surface area contributed by atoms with Gasteiger partial charge in [0.1, 0.15) is 11.9 Å². The smallest absolute Gasteiger partial charge is 0.316 e. The molecular weight excluding hydrogens is 310 g/mol. The molecule has 5 nitrogen and oxygen atoms in total. The van der Waals surface area contributed by atoms with E-state index < -0.39 is 0 Å². The van der Waals surface area contributed by atoms with Crippen LogP contribution in [0.3, 0.4) is 0 Å². The first-order valence-electron chi connectivity index (χ1n) is 7.68. The van der Waals surface area contributed by atoms with Crippen LogP contribution in [0.5, 0.6) is 0 Å². The number of hydrogen-bond donors (Lipinski definition) is 1. The van der Waals surface area contributed by atoms with Crippen LogP contribution in [0.15, 0.2) is 41.7 Å². The van der Waals surface area contributed by atoms with Gasteiger partial charge in [0.05, 0.1) is 5.75 Å². The van der Waals surface area contributed by atoms with Crippen LogP contribution in [0, 0.1) is 0 Å². The van der Waals surface area contributed by atoms with Crippen molar-refractivity contribution in [2.75, 3.05) is 11.5 Å². The number of esters is 1. The quantitative estimate of drug-likeness (QED) is 0.499. The van der Waals surface area contributed by atoms with Crippen molar-refractivity contribution in [3.05, 3.63) is 47.7 Å². The van der Waals surface area contributed by atoms with Crippen molar-refractivity contribution in [3.63, 3.8) is 0 Å². The number of nitrogen functional groups attached to an aromatic ring is 1. The minimum absolute atomic E-state index is 0.113. The number of carbonyl (C=O) groups is 1. The lowest BCUT2D eigenvalue weighted by molar-refractivity contribution is -0.149. The maximum Gasteiger partial charge on any atom is 0.316 e. The van der Waals surface area contributed by atoms with Gasteiger partial charge in [0.25, 0.3) is 0 Å². The van der Waals surface area contributed by atoms with Gasteiger partial charge in [-0.3, -0.25) is 4.79 Å². The first kappa shape index (κ1) is 15.8. The molecule has 23 heavy (non-hydrogen) atoms. The average molecular weight is 329 g/mol. The lowest BCUT2D eigenvalue weighted by atomic mass is 9.96. The van der Waals surface area contributed by atoms with Gasteiger partial charge in [-0.25, -0.2) is 9.97 Å². The molecule has 1 heterocycles. The summed E-state index contributed by atoms with van der Waals surface area (Å²) >= 11 is 1.26. The van der Waals surface area contributed by atoms with Crippen molar-refractivity contribution >= 4 is 23.5 Å². The van der Waals surface area contributed by atoms with Crippen LogP contribution in [0.4, 0.5) is 5.82 Å². The molecule has 120 valence electrons. The van der Waals surface area contributed by atoms with Crippen molar-refractivity contribution in [1.82, 2.24) is 9.97 Å². The molecule has 1 saturated carbocycles. The molecule has 2 N–H and O–H groups in total.